The lowest BCUT2D eigenvalue weighted by molar-refractivity contribution is 0.0932. The maximum absolute atomic E-state index is 12.4. The lowest BCUT2D eigenvalue weighted by atomic mass is 10.1. The van der Waals surface area contributed by atoms with Crippen LogP contribution in [0.15, 0.2) is 30.3 Å². The molecule has 1 amide bonds. The van der Waals surface area contributed by atoms with Crippen LogP contribution in [-0.2, 0) is 0 Å². The van der Waals surface area contributed by atoms with E-state index in [1.54, 1.807) is 35.0 Å². The molecule has 2 aromatic heterocycles. The number of nitrogens with one attached hydrogen (secondary N) is 2. The van der Waals surface area contributed by atoms with Gasteiger partial charge < -0.3 is 10.4 Å². The number of H-pyrrole nitrogens is 1. The van der Waals surface area contributed by atoms with Crippen molar-refractivity contribution >= 4 is 5.91 Å². The summed E-state index contributed by atoms with van der Waals surface area (Å²) in [4.78, 5) is 12.4. The van der Waals surface area contributed by atoms with Crippen LogP contribution in [0, 0.1) is 0 Å². The highest BCUT2D eigenvalue weighted by atomic mass is 16.3. The van der Waals surface area contributed by atoms with Crippen molar-refractivity contribution in [2.45, 2.75) is 31.8 Å². The topological polar surface area (TPSA) is 122 Å². The Morgan fingerprint density at radius 1 is 1.36 bits per heavy atom. The summed E-state index contributed by atoms with van der Waals surface area (Å²) in [6.07, 6.45) is 2.13. The largest absolute Gasteiger partial charge is 0.508 e. The maximum atomic E-state index is 12.4. The zero-order valence-corrected chi connectivity index (χ0v) is 13.5. The number of aromatic amines is 1. The van der Waals surface area contributed by atoms with E-state index in [2.05, 4.69) is 31.0 Å². The molecular formula is C16H17N7O2. The summed E-state index contributed by atoms with van der Waals surface area (Å²) in [5.41, 5.74) is 1.78. The second kappa shape index (κ2) is 6.00. The molecule has 0 bridgehead atoms. The lowest BCUT2D eigenvalue weighted by Gasteiger charge is -2.12. The average Bonchev–Trinajstić information content (AvgIpc) is 3.13. The molecule has 1 saturated carbocycles. The number of amides is 1. The van der Waals surface area contributed by atoms with E-state index in [0.717, 1.165) is 18.4 Å². The molecule has 4 rings (SSSR count). The van der Waals surface area contributed by atoms with E-state index in [0.29, 0.717) is 23.3 Å². The molecule has 0 radical (unpaired) electrons. The zero-order valence-electron chi connectivity index (χ0n) is 13.5. The number of carbonyl (C=O) groups excluding carboxylic acids is 1. The van der Waals surface area contributed by atoms with Crippen LogP contribution in [0.2, 0.25) is 0 Å². The van der Waals surface area contributed by atoms with Gasteiger partial charge in [0.1, 0.15) is 11.4 Å². The van der Waals surface area contributed by atoms with Gasteiger partial charge in [0, 0.05) is 5.56 Å². The summed E-state index contributed by atoms with van der Waals surface area (Å²) in [7, 11) is 0. The summed E-state index contributed by atoms with van der Waals surface area (Å²) in [6, 6.07) is 8.31. The lowest BCUT2D eigenvalue weighted by Crippen LogP contribution is -2.29. The van der Waals surface area contributed by atoms with Crippen molar-refractivity contribution in [3.63, 3.8) is 0 Å². The van der Waals surface area contributed by atoms with Crippen molar-refractivity contribution in [3.8, 4) is 17.0 Å². The van der Waals surface area contributed by atoms with E-state index in [-0.39, 0.29) is 17.7 Å². The van der Waals surface area contributed by atoms with Crippen molar-refractivity contribution in [1.29, 1.82) is 0 Å². The van der Waals surface area contributed by atoms with Crippen molar-refractivity contribution in [2.24, 2.45) is 0 Å². The van der Waals surface area contributed by atoms with Gasteiger partial charge in [-0.15, -0.1) is 5.10 Å². The molecule has 0 saturated heterocycles. The molecule has 9 nitrogen and oxygen atoms in total. The quantitative estimate of drug-likeness (QED) is 0.649. The fraction of sp³-hybridized carbons (Fsp3) is 0.312. The summed E-state index contributed by atoms with van der Waals surface area (Å²) in [5, 5.41) is 30.8. The number of tetrazole rings is 1. The minimum atomic E-state index is -0.316. The Balaban J connectivity index is 1.47. The minimum Gasteiger partial charge on any atom is -0.508 e. The Hall–Kier alpha value is -3.23. The molecule has 1 aromatic carbocycles. The third kappa shape index (κ3) is 3.08. The number of rotatable bonds is 5. The number of carbonyl (C=O) groups is 1. The fourth-order valence-electron chi connectivity index (χ4n) is 2.62. The zero-order chi connectivity index (χ0) is 17.4. The van der Waals surface area contributed by atoms with E-state index < -0.39 is 0 Å². The number of hydrogen-bond acceptors (Lipinski definition) is 6. The molecule has 1 atom stereocenters. The molecule has 1 fully saturated rings. The van der Waals surface area contributed by atoms with Gasteiger partial charge in [0.15, 0.2) is 5.82 Å². The Morgan fingerprint density at radius 2 is 2.12 bits per heavy atom. The number of phenols is 1. The van der Waals surface area contributed by atoms with Crippen LogP contribution in [0.1, 0.15) is 48.2 Å². The van der Waals surface area contributed by atoms with Gasteiger partial charge in [0.25, 0.3) is 5.91 Å². The first-order valence-electron chi connectivity index (χ1n) is 8.05. The molecular weight excluding hydrogens is 322 g/mol. The molecule has 1 unspecified atom stereocenters. The summed E-state index contributed by atoms with van der Waals surface area (Å²) < 4.78 is 1.78. The first kappa shape index (κ1) is 15.3. The van der Waals surface area contributed by atoms with Crippen molar-refractivity contribution < 1.29 is 9.90 Å². The smallest absolute Gasteiger partial charge is 0.269 e. The molecule has 3 N–H and O–H groups in total. The number of nitrogens with zero attached hydrogens (tertiary/aromatic N) is 5. The standard InChI is InChI=1S/C16H17N7O2/c1-9(15-20-21-22-23(15)11-4-5-11)17-16(25)14-8-13(18-19-14)10-2-6-12(24)7-3-10/h2-3,6-9,11,24H,4-5H2,1H3,(H,17,25)(H,18,19). The molecule has 25 heavy (non-hydrogen) atoms. The second-order valence-corrected chi connectivity index (χ2v) is 6.12. The number of hydrogen-bond donors (Lipinski definition) is 3. The minimum absolute atomic E-state index is 0.180. The number of aromatic hydroxyl groups is 1. The molecule has 1 aliphatic carbocycles. The maximum Gasteiger partial charge on any atom is 0.269 e. The van der Waals surface area contributed by atoms with Crippen LogP contribution in [0.4, 0.5) is 0 Å². The number of benzene rings is 1. The number of aromatic nitrogens is 6. The molecule has 3 aromatic rings. The average molecular weight is 339 g/mol. The summed E-state index contributed by atoms with van der Waals surface area (Å²) >= 11 is 0. The molecule has 2 heterocycles. The third-order valence-corrected chi connectivity index (χ3v) is 4.13. The van der Waals surface area contributed by atoms with Gasteiger partial charge in [-0.25, -0.2) is 4.68 Å². The van der Waals surface area contributed by atoms with Crippen LogP contribution in [0.3, 0.4) is 0 Å². The molecule has 128 valence electrons. The normalized spacial score (nSPS) is 15.1. The molecule has 1 aliphatic rings. The third-order valence-electron chi connectivity index (χ3n) is 4.13. The van der Waals surface area contributed by atoms with Crippen LogP contribution in [0.25, 0.3) is 11.3 Å². The molecule has 0 aliphatic heterocycles. The molecule has 0 spiro atoms. The van der Waals surface area contributed by atoms with E-state index >= 15 is 0 Å². The van der Waals surface area contributed by atoms with E-state index in [4.69, 9.17) is 0 Å². The van der Waals surface area contributed by atoms with Crippen LogP contribution in [-0.4, -0.2) is 41.4 Å². The van der Waals surface area contributed by atoms with Gasteiger partial charge in [0.05, 0.1) is 17.8 Å². The SMILES string of the molecule is CC(NC(=O)c1cc(-c2ccc(O)cc2)n[nH]1)c1nnnn1C1CC1. The predicted octanol–water partition coefficient (Wildman–Crippen LogP) is 1.59. The van der Waals surface area contributed by atoms with Gasteiger partial charge in [-0.1, -0.05) is 0 Å². The highest BCUT2D eigenvalue weighted by molar-refractivity contribution is 5.93. The summed E-state index contributed by atoms with van der Waals surface area (Å²) in [6.45, 7) is 1.85. The van der Waals surface area contributed by atoms with E-state index in [1.807, 2.05) is 6.92 Å². The Bertz CT molecular complexity index is 895. The van der Waals surface area contributed by atoms with E-state index in [9.17, 15) is 9.90 Å². The Kier molecular flexibility index (Phi) is 3.68. The highest BCUT2D eigenvalue weighted by Gasteiger charge is 2.30. The van der Waals surface area contributed by atoms with Crippen LogP contribution < -0.4 is 5.32 Å². The van der Waals surface area contributed by atoms with Crippen LogP contribution >= 0.6 is 0 Å². The van der Waals surface area contributed by atoms with Gasteiger partial charge in [-0.2, -0.15) is 5.10 Å². The van der Waals surface area contributed by atoms with Crippen molar-refractivity contribution in [1.82, 2.24) is 35.7 Å². The monoisotopic (exact) mass is 339 g/mol. The van der Waals surface area contributed by atoms with Gasteiger partial charge in [-0.05, 0) is 60.5 Å². The molecule has 9 heteroatoms. The van der Waals surface area contributed by atoms with Crippen LogP contribution in [0.5, 0.6) is 5.75 Å². The van der Waals surface area contributed by atoms with E-state index in [1.165, 1.54) is 0 Å². The van der Waals surface area contributed by atoms with Gasteiger partial charge in [-0.3, -0.25) is 9.89 Å². The Morgan fingerprint density at radius 3 is 2.84 bits per heavy atom. The van der Waals surface area contributed by atoms with Gasteiger partial charge in [0.2, 0.25) is 0 Å². The van der Waals surface area contributed by atoms with Gasteiger partial charge >= 0.3 is 0 Å². The second-order valence-electron chi connectivity index (χ2n) is 6.12. The Labute approximate surface area is 143 Å². The summed E-state index contributed by atoms with van der Waals surface area (Å²) in [5.74, 6) is 0.545. The fourth-order valence-corrected chi connectivity index (χ4v) is 2.62. The predicted molar refractivity (Wildman–Crippen MR) is 87.7 cm³/mol. The highest BCUT2D eigenvalue weighted by Crippen LogP contribution is 2.35. The van der Waals surface area contributed by atoms with Crippen molar-refractivity contribution in [3.05, 3.63) is 41.9 Å². The first-order valence-corrected chi connectivity index (χ1v) is 8.05. The number of phenolic OH excluding ortho intramolecular Hbond substituents is 1. The van der Waals surface area contributed by atoms with Crippen molar-refractivity contribution in [2.75, 3.05) is 0 Å². The first-order chi connectivity index (χ1) is 12.1.